The average molecular weight is 586 g/mol. The minimum atomic E-state index is -4.17. The number of aryl methyl sites for hydroxylation is 2. The molecular formula is C30H36ClN3O5S. The first-order valence-electron chi connectivity index (χ1n) is 13.1. The van der Waals surface area contributed by atoms with Crippen molar-refractivity contribution in [2.45, 2.75) is 51.6 Å². The van der Waals surface area contributed by atoms with E-state index in [1.165, 1.54) is 23.1 Å². The van der Waals surface area contributed by atoms with Crippen LogP contribution in [-0.2, 0) is 26.2 Å². The number of nitrogens with zero attached hydrogens (tertiary/aromatic N) is 2. The maximum absolute atomic E-state index is 14.1. The number of halogens is 1. The van der Waals surface area contributed by atoms with Gasteiger partial charge in [-0.2, -0.15) is 0 Å². The Bertz CT molecular complexity index is 1430. The second-order valence-corrected chi connectivity index (χ2v) is 11.7. The van der Waals surface area contributed by atoms with Gasteiger partial charge in [0.15, 0.2) is 0 Å². The van der Waals surface area contributed by atoms with Gasteiger partial charge in [0.1, 0.15) is 18.3 Å². The summed E-state index contributed by atoms with van der Waals surface area (Å²) in [6.45, 7) is 7.22. The number of sulfonamides is 1. The van der Waals surface area contributed by atoms with E-state index < -0.39 is 28.5 Å². The summed E-state index contributed by atoms with van der Waals surface area (Å²) >= 11 is 6.28. The third-order valence-corrected chi connectivity index (χ3v) is 8.59. The van der Waals surface area contributed by atoms with Crippen molar-refractivity contribution < 1.29 is 22.7 Å². The summed E-state index contributed by atoms with van der Waals surface area (Å²) in [5.41, 5.74) is 2.59. The summed E-state index contributed by atoms with van der Waals surface area (Å²) < 4.78 is 34.3. The van der Waals surface area contributed by atoms with E-state index in [0.717, 1.165) is 15.4 Å². The van der Waals surface area contributed by atoms with Gasteiger partial charge in [0.25, 0.3) is 10.0 Å². The zero-order chi connectivity index (χ0) is 29.4. The van der Waals surface area contributed by atoms with Gasteiger partial charge in [0, 0.05) is 18.1 Å². The number of amides is 2. The Balaban J connectivity index is 2.09. The first-order valence-corrected chi connectivity index (χ1v) is 14.9. The number of hydrogen-bond acceptors (Lipinski definition) is 5. The van der Waals surface area contributed by atoms with Gasteiger partial charge in [0.2, 0.25) is 11.8 Å². The number of carbonyl (C=O) groups is 2. The molecule has 214 valence electrons. The lowest BCUT2D eigenvalue weighted by Gasteiger charge is -2.33. The number of hydrogen-bond donors (Lipinski definition) is 1. The summed E-state index contributed by atoms with van der Waals surface area (Å²) in [7, 11) is -2.61. The molecule has 1 N–H and O–H groups in total. The molecule has 10 heteroatoms. The largest absolute Gasteiger partial charge is 0.497 e. The zero-order valence-corrected chi connectivity index (χ0v) is 25.1. The number of carbonyl (C=O) groups excluding carboxylic acids is 2. The van der Waals surface area contributed by atoms with Crippen molar-refractivity contribution in [3.05, 3.63) is 88.4 Å². The molecule has 0 spiro atoms. The van der Waals surface area contributed by atoms with E-state index in [0.29, 0.717) is 29.3 Å². The molecule has 3 rings (SSSR count). The first kappa shape index (κ1) is 31.0. The Morgan fingerprint density at radius 1 is 0.975 bits per heavy atom. The van der Waals surface area contributed by atoms with E-state index in [4.69, 9.17) is 16.3 Å². The van der Waals surface area contributed by atoms with Crippen molar-refractivity contribution >= 4 is 39.1 Å². The molecule has 3 aromatic carbocycles. The summed E-state index contributed by atoms with van der Waals surface area (Å²) in [5.74, 6) is -0.174. The van der Waals surface area contributed by atoms with Crippen molar-refractivity contribution in [1.82, 2.24) is 10.2 Å². The van der Waals surface area contributed by atoms with Crippen LogP contribution in [0.15, 0.2) is 71.6 Å². The molecule has 2 amide bonds. The molecular weight excluding hydrogens is 550 g/mol. The molecule has 0 aromatic heterocycles. The molecule has 8 nitrogen and oxygen atoms in total. The normalized spacial score (nSPS) is 11.9. The van der Waals surface area contributed by atoms with Gasteiger partial charge in [-0.3, -0.25) is 13.9 Å². The molecule has 0 aliphatic heterocycles. The lowest BCUT2D eigenvalue weighted by molar-refractivity contribution is -0.140. The van der Waals surface area contributed by atoms with Gasteiger partial charge >= 0.3 is 0 Å². The fourth-order valence-corrected chi connectivity index (χ4v) is 5.98. The van der Waals surface area contributed by atoms with Crippen molar-refractivity contribution in [3.63, 3.8) is 0 Å². The standard InChI is InChI=1S/C30H36ClN3O5S/c1-6-27(30(36)32-7-2)33(19-23-11-14-25(39-5)15-12-23)29(35)20-34(28-18-24(31)13-10-22(28)4)40(37,38)26-16-8-21(3)9-17-26/h8-18,27H,6-7,19-20H2,1-5H3,(H,32,36)/t27-/m1/s1. The molecule has 0 aliphatic rings. The van der Waals surface area contributed by atoms with Crippen molar-refractivity contribution in [2.75, 3.05) is 24.5 Å². The smallest absolute Gasteiger partial charge is 0.264 e. The number of likely N-dealkylation sites (N-methyl/N-ethyl adjacent to an activating group) is 1. The number of anilines is 1. The van der Waals surface area contributed by atoms with Crippen LogP contribution in [0.3, 0.4) is 0 Å². The van der Waals surface area contributed by atoms with Crippen molar-refractivity contribution in [1.29, 1.82) is 0 Å². The van der Waals surface area contributed by atoms with Crippen LogP contribution in [0.1, 0.15) is 37.0 Å². The lowest BCUT2D eigenvalue weighted by Crippen LogP contribution is -2.52. The number of ether oxygens (including phenoxy) is 1. The fraction of sp³-hybridized carbons (Fsp3) is 0.333. The van der Waals surface area contributed by atoms with Crippen LogP contribution in [0, 0.1) is 13.8 Å². The summed E-state index contributed by atoms with van der Waals surface area (Å²) in [5, 5.41) is 3.13. The number of methoxy groups -OCH3 is 1. The average Bonchev–Trinajstić information content (AvgIpc) is 2.93. The number of rotatable bonds is 12. The van der Waals surface area contributed by atoms with Crippen LogP contribution in [0.5, 0.6) is 5.75 Å². The highest BCUT2D eigenvalue weighted by Crippen LogP contribution is 2.30. The Hall–Kier alpha value is -3.56. The van der Waals surface area contributed by atoms with Crippen LogP contribution in [0.25, 0.3) is 0 Å². The minimum Gasteiger partial charge on any atom is -0.497 e. The van der Waals surface area contributed by atoms with Gasteiger partial charge in [-0.05, 0) is 74.7 Å². The number of nitrogens with one attached hydrogen (secondary N) is 1. The van der Waals surface area contributed by atoms with Crippen LogP contribution in [0.2, 0.25) is 5.02 Å². The Labute approximate surface area is 241 Å². The van der Waals surface area contributed by atoms with Crippen LogP contribution in [0.4, 0.5) is 5.69 Å². The molecule has 3 aromatic rings. The second-order valence-electron chi connectivity index (χ2n) is 9.44. The predicted octanol–water partition coefficient (Wildman–Crippen LogP) is 5.10. The summed E-state index contributed by atoms with van der Waals surface area (Å²) in [6, 6.07) is 17.7. The van der Waals surface area contributed by atoms with E-state index in [-0.39, 0.29) is 23.0 Å². The van der Waals surface area contributed by atoms with Gasteiger partial charge in [0.05, 0.1) is 17.7 Å². The highest BCUT2D eigenvalue weighted by molar-refractivity contribution is 7.92. The number of benzene rings is 3. The van der Waals surface area contributed by atoms with Crippen LogP contribution >= 0.6 is 11.6 Å². The monoisotopic (exact) mass is 585 g/mol. The zero-order valence-electron chi connectivity index (χ0n) is 23.5. The first-order chi connectivity index (χ1) is 19.0. The van der Waals surface area contributed by atoms with Gasteiger partial charge in [-0.15, -0.1) is 0 Å². The minimum absolute atomic E-state index is 0.0442. The van der Waals surface area contributed by atoms with Gasteiger partial charge in [-0.25, -0.2) is 8.42 Å². The summed E-state index contributed by atoms with van der Waals surface area (Å²) in [4.78, 5) is 28.6. The molecule has 0 saturated heterocycles. The molecule has 0 radical (unpaired) electrons. The third-order valence-electron chi connectivity index (χ3n) is 6.58. The molecule has 1 atom stereocenters. The Morgan fingerprint density at radius 3 is 2.20 bits per heavy atom. The third kappa shape index (κ3) is 7.34. The fourth-order valence-electron chi connectivity index (χ4n) is 4.34. The Kier molecular flexibility index (Phi) is 10.6. The van der Waals surface area contributed by atoms with Crippen molar-refractivity contribution in [2.24, 2.45) is 0 Å². The van der Waals surface area contributed by atoms with Crippen molar-refractivity contribution in [3.8, 4) is 5.75 Å². The SMILES string of the molecule is CCNC(=O)[C@@H](CC)N(Cc1ccc(OC)cc1)C(=O)CN(c1cc(Cl)ccc1C)S(=O)(=O)c1ccc(C)cc1. The van der Waals surface area contributed by atoms with E-state index >= 15 is 0 Å². The molecule has 40 heavy (non-hydrogen) atoms. The van der Waals surface area contributed by atoms with Crippen LogP contribution in [-0.4, -0.2) is 51.4 Å². The van der Waals surface area contributed by atoms with E-state index in [2.05, 4.69) is 5.32 Å². The van der Waals surface area contributed by atoms with Gasteiger partial charge < -0.3 is 15.0 Å². The maximum atomic E-state index is 14.1. The maximum Gasteiger partial charge on any atom is 0.264 e. The molecule has 0 aliphatic carbocycles. The predicted molar refractivity (Wildman–Crippen MR) is 158 cm³/mol. The lowest BCUT2D eigenvalue weighted by atomic mass is 10.1. The topological polar surface area (TPSA) is 96.0 Å². The van der Waals surface area contributed by atoms with Gasteiger partial charge in [-0.1, -0.05) is 54.4 Å². The summed E-state index contributed by atoms with van der Waals surface area (Å²) in [6.07, 6.45) is 0.342. The van der Waals surface area contributed by atoms with E-state index in [1.54, 1.807) is 57.4 Å². The highest BCUT2D eigenvalue weighted by atomic mass is 35.5. The quantitative estimate of drug-likeness (QED) is 0.319. The van der Waals surface area contributed by atoms with E-state index in [1.807, 2.05) is 26.0 Å². The Morgan fingerprint density at radius 2 is 1.62 bits per heavy atom. The van der Waals surface area contributed by atoms with Crippen LogP contribution < -0.4 is 14.4 Å². The highest BCUT2D eigenvalue weighted by Gasteiger charge is 2.34. The molecule has 0 unspecified atom stereocenters. The molecule has 0 fully saturated rings. The molecule has 0 bridgehead atoms. The van der Waals surface area contributed by atoms with E-state index in [9.17, 15) is 18.0 Å². The molecule has 0 saturated carbocycles. The second kappa shape index (κ2) is 13.7. The molecule has 0 heterocycles.